The number of nitrogens with two attached hydrogens (primary N) is 1. The summed E-state index contributed by atoms with van der Waals surface area (Å²) in [5, 5.41) is 2.93. The van der Waals surface area contributed by atoms with Crippen LogP contribution in [-0.4, -0.2) is 18.1 Å². The average Bonchev–Trinajstić information content (AvgIpc) is 3.09. The van der Waals surface area contributed by atoms with E-state index in [9.17, 15) is 0 Å². The maximum atomic E-state index is 6.68. The highest BCUT2D eigenvalue weighted by Crippen LogP contribution is 2.46. The van der Waals surface area contributed by atoms with Crippen molar-refractivity contribution in [2.75, 3.05) is 13.1 Å². The number of benzene rings is 2. The lowest BCUT2D eigenvalue weighted by molar-refractivity contribution is 0.116. The van der Waals surface area contributed by atoms with Gasteiger partial charge in [0.2, 0.25) is 0 Å². The molecule has 144 valence electrons. The SMILES string of the molecule is Cc1ccc(C2(CN(N)CC3(c4ccc(Cl)cc4)CCC3)CCCC2)cc1. The van der Waals surface area contributed by atoms with E-state index < -0.39 is 0 Å². The van der Waals surface area contributed by atoms with Crippen LogP contribution in [0.25, 0.3) is 0 Å². The minimum Gasteiger partial charge on any atom is -0.269 e. The van der Waals surface area contributed by atoms with Crippen LogP contribution in [0.1, 0.15) is 61.6 Å². The fraction of sp³-hybridized carbons (Fsp3) is 0.500. The number of halogens is 1. The zero-order valence-corrected chi connectivity index (χ0v) is 17.1. The van der Waals surface area contributed by atoms with Gasteiger partial charge in [0, 0.05) is 28.9 Å². The van der Waals surface area contributed by atoms with E-state index in [1.54, 1.807) is 0 Å². The minimum absolute atomic E-state index is 0.201. The summed E-state index contributed by atoms with van der Waals surface area (Å²) in [5.74, 6) is 6.68. The van der Waals surface area contributed by atoms with E-state index in [4.69, 9.17) is 17.4 Å². The van der Waals surface area contributed by atoms with Crippen LogP contribution >= 0.6 is 11.6 Å². The second-order valence-electron chi connectivity index (χ2n) is 8.90. The monoisotopic (exact) mass is 382 g/mol. The Morgan fingerprint density at radius 1 is 0.778 bits per heavy atom. The molecule has 0 heterocycles. The molecule has 0 saturated heterocycles. The molecule has 4 rings (SSSR count). The van der Waals surface area contributed by atoms with Crippen molar-refractivity contribution in [2.45, 2.75) is 62.7 Å². The quantitative estimate of drug-likeness (QED) is 0.508. The van der Waals surface area contributed by atoms with E-state index in [1.165, 1.54) is 61.6 Å². The Morgan fingerprint density at radius 2 is 1.22 bits per heavy atom. The molecule has 0 radical (unpaired) electrons. The van der Waals surface area contributed by atoms with Crippen LogP contribution in [0, 0.1) is 6.92 Å². The summed E-state index contributed by atoms with van der Waals surface area (Å²) < 4.78 is 0. The topological polar surface area (TPSA) is 29.3 Å². The molecule has 0 unspecified atom stereocenters. The summed E-state index contributed by atoms with van der Waals surface area (Å²) in [7, 11) is 0. The van der Waals surface area contributed by atoms with Gasteiger partial charge in [0.15, 0.2) is 0 Å². The van der Waals surface area contributed by atoms with E-state index in [2.05, 4.69) is 48.3 Å². The molecule has 2 saturated carbocycles. The number of aryl methyl sites for hydroxylation is 1. The Labute approximate surface area is 168 Å². The van der Waals surface area contributed by atoms with Crippen molar-refractivity contribution in [3.05, 3.63) is 70.2 Å². The van der Waals surface area contributed by atoms with Crippen LogP contribution < -0.4 is 5.84 Å². The van der Waals surface area contributed by atoms with Gasteiger partial charge in [-0.25, -0.2) is 5.01 Å². The van der Waals surface area contributed by atoms with E-state index in [-0.39, 0.29) is 10.8 Å². The number of hydrazine groups is 1. The zero-order chi connectivity index (χ0) is 18.9. The summed E-state index contributed by atoms with van der Waals surface area (Å²) in [5.41, 5.74) is 4.60. The molecular formula is C24H31ClN2. The first-order valence-corrected chi connectivity index (χ1v) is 10.7. The summed E-state index contributed by atoms with van der Waals surface area (Å²) in [6.07, 6.45) is 8.85. The number of hydrogen-bond donors (Lipinski definition) is 1. The van der Waals surface area contributed by atoms with Crippen molar-refractivity contribution in [1.82, 2.24) is 5.01 Å². The van der Waals surface area contributed by atoms with Gasteiger partial charge in [-0.3, -0.25) is 5.84 Å². The molecule has 2 N–H and O–H groups in total. The van der Waals surface area contributed by atoms with Crippen molar-refractivity contribution < 1.29 is 0 Å². The molecule has 2 nitrogen and oxygen atoms in total. The molecule has 2 aliphatic rings. The average molecular weight is 383 g/mol. The van der Waals surface area contributed by atoms with Crippen LogP contribution in [0.15, 0.2) is 48.5 Å². The molecule has 3 heteroatoms. The van der Waals surface area contributed by atoms with E-state index in [0.29, 0.717) is 0 Å². The third kappa shape index (κ3) is 3.81. The molecule has 0 aliphatic heterocycles. The summed E-state index contributed by atoms with van der Waals surface area (Å²) in [4.78, 5) is 0. The number of rotatable bonds is 6. The molecule has 0 spiro atoms. The van der Waals surface area contributed by atoms with E-state index in [1.807, 2.05) is 12.1 Å². The zero-order valence-electron chi connectivity index (χ0n) is 16.4. The largest absolute Gasteiger partial charge is 0.269 e. The van der Waals surface area contributed by atoms with Crippen molar-refractivity contribution in [3.8, 4) is 0 Å². The van der Waals surface area contributed by atoms with Gasteiger partial charge >= 0.3 is 0 Å². The normalized spacial score (nSPS) is 20.6. The Kier molecular flexibility index (Phi) is 5.33. The highest BCUT2D eigenvalue weighted by Gasteiger charge is 2.42. The lowest BCUT2D eigenvalue weighted by Gasteiger charge is -2.46. The summed E-state index contributed by atoms with van der Waals surface area (Å²) in [6.45, 7) is 4.04. The Morgan fingerprint density at radius 3 is 1.67 bits per heavy atom. The highest BCUT2D eigenvalue weighted by molar-refractivity contribution is 6.30. The van der Waals surface area contributed by atoms with E-state index >= 15 is 0 Å². The lowest BCUT2D eigenvalue weighted by Crippen LogP contribution is -2.52. The first-order chi connectivity index (χ1) is 13.0. The summed E-state index contributed by atoms with van der Waals surface area (Å²) >= 11 is 6.10. The molecule has 2 aromatic rings. The molecule has 0 bridgehead atoms. The van der Waals surface area contributed by atoms with Crippen molar-refractivity contribution in [2.24, 2.45) is 5.84 Å². The van der Waals surface area contributed by atoms with Crippen LogP contribution in [0.4, 0.5) is 0 Å². The second kappa shape index (κ2) is 7.58. The van der Waals surface area contributed by atoms with Gasteiger partial charge in [-0.05, 0) is 55.9 Å². The van der Waals surface area contributed by atoms with Gasteiger partial charge < -0.3 is 0 Å². The van der Waals surface area contributed by atoms with E-state index in [0.717, 1.165) is 18.1 Å². The predicted molar refractivity (Wildman–Crippen MR) is 114 cm³/mol. The van der Waals surface area contributed by atoms with Crippen molar-refractivity contribution >= 4 is 11.6 Å². The first kappa shape index (κ1) is 19.0. The smallest absolute Gasteiger partial charge is 0.0406 e. The highest BCUT2D eigenvalue weighted by atomic mass is 35.5. The maximum Gasteiger partial charge on any atom is 0.0406 e. The number of nitrogens with zero attached hydrogens (tertiary/aromatic N) is 1. The third-order valence-corrected chi connectivity index (χ3v) is 7.26. The van der Waals surface area contributed by atoms with Gasteiger partial charge in [0.05, 0.1) is 0 Å². The molecule has 2 fully saturated rings. The third-order valence-electron chi connectivity index (χ3n) is 7.00. The Bertz CT molecular complexity index is 756. The van der Waals surface area contributed by atoms with Gasteiger partial charge in [-0.1, -0.05) is 72.8 Å². The predicted octanol–water partition coefficient (Wildman–Crippen LogP) is 5.76. The molecule has 2 aromatic carbocycles. The van der Waals surface area contributed by atoms with Crippen LogP contribution in [0.5, 0.6) is 0 Å². The first-order valence-electron chi connectivity index (χ1n) is 10.3. The number of hydrogen-bond acceptors (Lipinski definition) is 2. The van der Waals surface area contributed by atoms with Gasteiger partial charge in [-0.15, -0.1) is 0 Å². The van der Waals surface area contributed by atoms with Crippen LogP contribution in [0.2, 0.25) is 5.02 Å². The Balaban J connectivity index is 1.52. The molecule has 2 aliphatic carbocycles. The fourth-order valence-electron chi connectivity index (χ4n) is 5.28. The molecule has 0 aromatic heterocycles. The van der Waals surface area contributed by atoms with Crippen LogP contribution in [-0.2, 0) is 10.8 Å². The van der Waals surface area contributed by atoms with Crippen LogP contribution in [0.3, 0.4) is 0 Å². The summed E-state index contributed by atoms with van der Waals surface area (Å²) in [6, 6.07) is 17.6. The standard InChI is InChI=1S/C24H31ClN2/c1-19-5-7-20(8-6-19)23(13-2-3-14-23)17-27(26)18-24(15-4-16-24)21-9-11-22(25)12-10-21/h5-12H,2-4,13-18,26H2,1H3. The molecule has 0 atom stereocenters. The van der Waals surface area contributed by atoms with Gasteiger partial charge in [0.25, 0.3) is 0 Å². The van der Waals surface area contributed by atoms with Crippen molar-refractivity contribution in [1.29, 1.82) is 0 Å². The second-order valence-corrected chi connectivity index (χ2v) is 9.34. The lowest BCUT2D eigenvalue weighted by atomic mass is 9.64. The fourth-order valence-corrected chi connectivity index (χ4v) is 5.40. The molecule has 0 amide bonds. The molecule has 27 heavy (non-hydrogen) atoms. The van der Waals surface area contributed by atoms with Gasteiger partial charge in [0.1, 0.15) is 0 Å². The minimum atomic E-state index is 0.201. The van der Waals surface area contributed by atoms with Crippen molar-refractivity contribution in [3.63, 3.8) is 0 Å². The Hall–Kier alpha value is -1.35. The maximum absolute atomic E-state index is 6.68. The van der Waals surface area contributed by atoms with Gasteiger partial charge in [-0.2, -0.15) is 0 Å². The molecular weight excluding hydrogens is 352 g/mol.